The number of nitrogens with zero attached hydrogens (tertiary/aromatic N) is 2. The number of nitrogens with one attached hydrogen (secondary N) is 2. The number of halogens is 1. The van der Waals surface area contributed by atoms with Crippen LogP contribution in [0.2, 0.25) is 0 Å². The van der Waals surface area contributed by atoms with Gasteiger partial charge in [0, 0.05) is 23.4 Å². The van der Waals surface area contributed by atoms with Gasteiger partial charge in [-0.05, 0) is 51.8 Å². The zero-order chi connectivity index (χ0) is 23.1. The quantitative estimate of drug-likeness (QED) is 0.477. The van der Waals surface area contributed by atoms with Gasteiger partial charge in [0.05, 0.1) is 23.2 Å². The van der Waals surface area contributed by atoms with Gasteiger partial charge in [-0.1, -0.05) is 30.3 Å². The third-order valence-electron chi connectivity index (χ3n) is 4.43. The molecule has 3 aromatic rings. The molecule has 0 aliphatic heterocycles. The summed E-state index contributed by atoms with van der Waals surface area (Å²) < 4.78 is 26.2. The second-order valence-corrected chi connectivity index (χ2v) is 9.62. The summed E-state index contributed by atoms with van der Waals surface area (Å²) in [5.74, 6) is -0.964. The number of anilines is 2. The highest BCUT2D eigenvalue weighted by Gasteiger charge is 2.23. The van der Waals surface area contributed by atoms with E-state index >= 15 is 0 Å². The van der Waals surface area contributed by atoms with Crippen molar-refractivity contribution in [2.24, 2.45) is 0 Å². The lowest BCUT2D eigenvalue weighted by atomic mass is 10.1. The Kier molecular flexibility index (Phi) is 7.60. The van der Waals surface area contributed by atoms with Crippen LogP contribution in [0.3, 0.4) is 0 Å². The summed E-state index contributed by atoms with van der Waals surface area (Å²) in [4.78, 5) is 29.4. The Morgan fingerprint density at radius 1 is 1.03 bits per heavy atom. The first kappa shape index (κ1) is 23.4. The fraction of sp³-hybridized carbons (Fsp3) is 0.136. The van der Waals surface area contributed by atoms with Gasteiger partial charge in [-0.15, -0.1) is 0 Å². The number of carbonyl (C=O) groups excluding carboxylic acids is 2. The van der Waals surface area contributed by atoms with Crippen molar-refractivity contribution in [3.05, 3.63) is 88.7 Å². The van der Waals surface area contributed by atoms with Crippen LogP contribution in [0.25, 0.3) is 0 Å². The summed E-state index contributed by atoms with van der Waals surface area (Å²) in [6.45, 7) is -0.175. The number of pyridine rings is 1. The Hall–Kier alpha value is -3.24. The lowest BCUT2D eigenvalue weighted by molar-refractivity contribution is -0.114. The fourth-order valence-electron chi connectivity index (χ4n) is 2.93. The maximum Gasteiger partial charge on any atom is 0.253 e. The van der Waals surface area contributed by atoms with Crippen LogP contribution < -0.4 is 14.9 Å². The van der Waals surface area contributed by atoms with Crippen LogP contribution in [0, 0.1) is 0 Å². The van der Waals surface area contributed by atoms with E-state index in [2.05, 4.69) is 31.5 Å². The summed E-state index contributed by atoms with van der Waals surface area (Å²) >= 11 is 3.32. The number of amides is 2. The van der Waals surface area contributed by atoms with E-state index < -0.39 is 22.5 Å². The average molecular weight is 517 g/mol. The summed E-state index contributed by atoms with van der Waals surface area (Å²) in [5, 5.41) is 5.43. The molecule has 0 saturated carbocycles. The lowest BCUT2D eigenvalue weighted by Crippen LogP contribution is -2.38. The molecule has 32 heavy (non-hydrogen) atoms. The molecule has 0 spiro atoms. The van der Waals surface area contributed by atoms with Crippen molar-refractivity contribution in [1.82, 2.24) is 10.3 Å². The molecule has 2 N–H and O–H groups in total. The molecule has 0 radical (unpaired) electrons. The Balaban J connectivity index is 1.75. The first-order chi connectivity index (χ1) is 15.3. The minimum atomic E-state index is -3.74. The summed E-state index contributed by atoms with van der Waals surface area (Å²) in [5.41, 5.74) is 1.71. The number of carbonyl (C=O) groups is 2. The van der Waals surface area contributed by atoms with Gasteiger partial charge in [0.2, 0.25) is 15.9 Å². The van der Waals surface area contributed by atoms with Crippen molar-refractivity contribution in [2.75, 3.05) is 22.4 Å². The Morgan fingerprint density at radius 3 is 2.44 bits per heavy atom. The molecule has 8 nitrogen and oxygen atoms in total. The van der Waals surface area contributed by atoms with Gasteiger partial charge in [-0.3, -0.25) is 18.9 Å². The highest BCUT2D eigenvalue weighted by Crippen LogP contribution is 2.27. The van der Waals surface area contributed by atoms with Gasteiger partial charge in [-0.2, -0.15) is 0 Å². The monoisotopic (exact) mass is 516 g/mol. The number of para-hydroxylation sites is 2. The molecule has 2 amide bonds. The number of sulfonamides is 1. The van der Waals surface area contributed by atoms with Crippen molar-refractivity contribution in [2.45, 2.75) is 6.54 Å². The summed E-state index contributed by atoms with van der Waals surface area (Å²) in [7, 11) is -3.74. The molecule has 0 unspecified atom stereocenters. The smallest absolute Gasteiger partial charge is 0.253 e. The number of hydrogen-bond donors (Lipinski definition) is 2. The standard InChI is InChI=1S/C22H21BrN4O4S/c1-32(30,31)27(20-11-5-3-9-18(20)23)15-21(28)26-19-10-4-2-8-17(19)22(29)25-14-16-7-6-12-24-13-16/h2-13H,14-15H2,1H3,(H,25,29)(H,26,28). The molecule has 0 bridgehead atoms. The molecule has 10 heteroatoms. The van der Waals surface area contributed by atoms with E-state index in [0.29, 0.717) is 10.2 Å². The van der Waals surface area contributed by atoms with Crippen LogP contribution in [0.15, 0.2) is 77.5 Å². The number of hydrogen-bond acceptors (Lipinski definition) is 5. The zero-order valence-electron chi connectivity index (χ0n) is 17.2. The molecule has 0 aliphatic carbocycles. The molecule has 2 aromatic carbocycles. The SMILES string of the molecule is CS(=O)(=O)N(CC(=O)Nc1ccccc1C(=O)NCc1cccnc1)c1ccccc1Br. The Bertz CT molecular complexity index is 1220. The third kappa shape index (κ3) is 6.14. The van der Waals surface area contributed by atoms with E-state index in [9.17, 15) is 18.0 Å². The number of rotatable bonds is 8. The van der Waals surface area contributed by atoms with Crippen LogP contribution in [0.4, 0.5) is 11.4 Å². The minimum Gasteiger partial charge on any atom is -0.348 e. The molecule has 1 aromatic heterocycles. The third-order valence-corrected chi connectivity index (χ3v) is 6.23. The van der Waals surface area contributed by atoms with Gasteiger partial charge in [0.15, 0.2) is 0 Å². The average Bonchev–Trinajstić information content (AvgIpc) is 2.77. The van der Waals surface area contributed by atoms with Crippen LogP contribution in [-0.4, -0.2) is 38.0 Å². The number of aromatic nitrogens is 1. The van der Waals surface area contributed by atoms with Crippen molar-refractivity contribution in [1.29, 1.82) is 0 Å². The molecule has 0 saturated heterocycles. The van der Waals surface area contributed by atoms with Crippen molar-refractivity contribution in [3.63, 3.8) is 0 Å². The first-order valence-electron chi connectivity index (χ1n) is 9.54. The second kappa shape index (κ2) is 10.4. The molecule has 166 valence electrons. The Morgan fingerprint density at radius 2 is 1.75 bits per heavy atom. The van der Waals surface area contributed by atoms with Crippen molar-refractivity contribution in [3.8, 4) is 0 Å². The molecule has 0 atom stereocenters. The molecule has 0 fully saturated rings. The molecular formula is C22H21BrN4O4S. The highest BCUT2D eigenvalue weighted by atomic mass is 79.9. The molecular weight excluding hydrogens is 496 g/mol. The maximum atomic E-state index is 12.7. The molecule has 0 aliphatic rings. The zero-order valence-corrected chi connectivity index (χ0v) is 19.6. The van der Waals surface area contributed by atoms with E-state index in [1.165, 1.54) is 0 Å². The molecule has 1 heterocycles. The normalized spacial score (nSPS) is 10.9. The Labute approximate surface area is 194 Å². The van der Waals surface area contributed by atoms with E-state index in [1.807, 2.05) is 6.07 Å². The maximum absolute atomic E-state index is 12.7. The van der Waals surface area contributed by atoms with E-state index in [1.54, 1.807) is 67.0 Å². The predicted octanol–water partition coefficient (Wildman–Crippen LogP) is 3.18. The van der Waals surface area contributed by atoms with Crippen LogP contribution in [0.5, 0.6) is 0 Å². The highest BCUT2D eigenvalue weighted by molar-refractivity contribution is 9.10. The van der Waals surface area contributed by atoms with E-state index in [4.69, 9.17) is 0 Å². The van der Waals surface area contributed by atoms with Crippen LogP contribution >= 0.6 is 15.9 Å². The van der Waals surface area contributed by atoms with Crippen LogP contribution in [0.1, 0.15) is 15.9 Å². The summed E-state index contributed by atoms with van der Waals surface area (Å²) in [6, 6.07) is 16.8. The van der Waals surface area contributed by atoms with Gasteiger partial charge >= 0.3 is 0 Å². The van der Waals surface area contributed by atoms with Gasteiger partial charge in [0.1, 0.15) is 6.54 Å². The summed E-state index contributed by atoms with van der Waals surface area (Å²) in [6.07, 6.45) is 4.32. The number of benzene rings is 2. The van der Waals surface area contributed by atoms with E-state index in [-0.39, 0.29) is 23.7 Å². The van der Waals surface area contributed by atoms with Gasteiger partial charge < -0.3 is 10.6 Å². The lowest BCUT2D eigenvalue weighted by Gasteiger charge is -2.23. The topological polar surface area (TPSA) is 108 Å². The van der Waals surface area contributed by atoms with Gasteiger partial charge in [-0.25, -0.2) is 8.42 Å². The van der Waals surface area contributed by atoms with Crippen molar-refractivity contribution >= 4 is 49.1 Å². The van der Waals surface area contributed by atoms with E-state index in [0.717, 1.165) is 16.1 Å². The first-order valence-corrected chi connectivity index (χ1v) is 12.2. The van der Waals surface area contributed by atoms with Gasteiger partial charge in [0.25, 0.3) is 5.91 Å². The minimum absolute atomic E-state index is 0.261. The fourth-order valence-corrected chi connectivity index (χ4v) is 4.41. The molecule has 3 rings (SSSR count). The predicted molar refractivity (Wildman–Crippen MR) is 127 cm³/mol. The van der Waals surface area contributed by atoms with Crippen LogP contribution in [-0.2, 0) is 21.4 Å². The largest absolute Gasteiger partial charge is 0.348 e. The second-order valence-electron chi connectivity index (χ2n) is 6.86. The van der Waals surface area contributed by atoms with Crippen molar-refractivity contribution < 1.29 is 18.0 Å².